The maximum Gasteiger partial charge on any atom is 0.0361 e. The molecule has 0 spiro atoms. The summed E-state index contributed by atoms with van der Waals surface area (Å²) in [6.07, 6.45) is 7.01. The van der Waals surface area contributed by atoms with Crippen molar-refractivity contribution in [3.63, 3.8) is 0 Å². The van der Waals surface area contributed by atoms with E-state index in [1.807, 2.05) is 22.7 Å². The number of allylic oxidation sites excluding steroid dienone is 1. The molecule has 0 unspecified atom stereocenters. The Labute approximate surface area is 166 Å². The Kier molecular flexibility index (Phi) is 3.35. The third-order valence-corrected chi connectivity index (χ3v) is 7.94. The minimum atomic E-state index is 1.17. The molecule has 0 radical (unpaired) electrons. The molecule has 5 aromatic rings. The second-order valence-electron chi connectivity index (χ2n) is 7.34. The number of aryl methyl sites for hydroxylation is 2. The van der Waals surface area contributed by atoms with Gasteiger partial charge in [0.25, 0.3) is 0 Å². The molecular weight excluding hydrogens is 364 g/mol. The molecular formula is C25H18S2. The van der Waals surface area contributed by atoms with Gasteiger partial charge in [0, 0.05) is 35.1 Å². The van der Waals surface area contributed by atoms with Crippen molar-refractivity contribution < 1.29 is 0 Å². The zero-order valence-corrected chi connectivity index (χ0v) is 16.7. The summed E-state index contributed by atoms with van der Waals surface area (Å²) in [5, 5.41) is 4.23. The Morgan fingerprint density at radius 1 is 0.778 bits per heavy atom. The van der Waals surface area contributed by atoms with Gasteiger partial charge in [-0.15, -0.1) is 22.7 Å². The van der Waals surface area contributed by atoms with Crippen LogP contribution in [-0.4, -0.2) is 0 Å². The molecule has 1 aliphatic rings. The topological polar surface area (TPSA) is 0 Å². The monoisotopic (exact) mass is 382 g/mol. The van der Waals surface area contributed by atoms with Crippen LogP contribution in [0.3, 0.4) is 0 Å². The normalized spacial score (nSPS) is 13.7. The van der Waals surface area contributed by atoms with Crippen molar-refractivity contribution >= 4 is 59.0 Å². The average molecular weight is 383 g/mol. The summed E-state index contributed by atoms with van der Waals surface area (Å²) < 4.78 is 4.18. The number of rotatable bonds is 1. The van der Waals surface area contributed by atoms with E-state index in [1.54, 1.807) is 0 Å². The first-order valence-corrected chi connectivity index (χ1v) is 11.1. The van der Waals surface area contributed by atoms with Gasteiger partial charge in [0.2, 0.25) is 0 Å². The van der Waals surface area contributed by atoms with Crippen molar-refractivity contribution in [1.29, 1.82) is 0 Å². The summed E-state index contributed by atoms with van der Waals surface area (Å²) >= 11 is 3.88. The molecule has 0 aliphatic heterocycles. The van der Waals surface area contributed by atoms with E-state index in [0.29, 0.717) is 0 Å². The number of hydrogen-bond donors (Lipinski definition) is 0. The molecule has 0 N–H and O–H groups in total. The van der Waals surface area contributed by atoms with Crippen LogP contribution in [0.25, 0.3) is 47.5 Å². The maximum atomic E-state index is 2.34. The molecule has 0 saturated heterocycles. The number of hydrogen-bond acceptors (Lipinski definition) is 2. The molecule has 3 aromatic carbocycles. The molecule has 130 valence electrons. The summed E-state index contributed by atoms with van der Waals surface area (Å²) in [7, 11) is 0. The summed E-state index contributed by atoms with van der Waals surface area (Å²) in [4.78, 5) is 1.54. The molecule has 2 heterocycles. The highest BCUT2D eigenvalue weighted by Gasteiger charge is 2.18. The van der Waals surface area contributed by atoms with Gasteiger partial charge in [-0.3, -0.25) is 0 Å². The van der Waals surface area contributed by atoms with E-state index < -0.39 is 0 Å². The molecule has 0 amide bonds. The van der Waals surface area contributed by atoms with Crippen molar-refractivity contribution in [2.24, 2.45) is 0 Å². The number of benzene rings is 3. The first-order valence-electron chi connectivity index (χ1n) is 9.43. The van der Waals surface area contributed by atoms with E-state index >= 15 is 0 Å². The van der Waals surface area contributed by atoms with Crippen LogP contribution >= 0.6 is 22.7 Å². The Morgan fingerprint density at radius 3 is 2.41 bits per heavy atom. The minimum Gasteiger partial charge on any atom is -0.140 e. The van der Waals surface area contributed by atoms with E-state index in [2.05, 4.69) is 73.7 Å². The average Bonchev–Trinajstić information content (AvgIpc) is 3.25. The highest BCUT2D eigenvalue weighted by molar-refractivity contribution is 7.26. The van der Waals surface area contributed by atoms with Gasteiger partial charge in [0.05, 0.1) is 0 Å². The van der Waals surface area contributed by atoms with Gasteiger partial charge in [-0.2, -0.15) is 0 Å². The molecule has 6 rings (SSSR count). The lowest BCUT2D eigenvalue weighted by atomic mass is 9.93. The van der Waals surface area contributed by atoms with E-state index in [9.17, 15) is 0 Å². The fourth-order valence-electron chi connectivity index (χ4n) is 4.38. The molecule has 2 heteroatoms. The molecule has 2 aromatic heterocycles. The second kappa shape index (κ2) is 5.79. The summed E-state index contributed by atoms with van der Waals surface area (Å²) in [6.45, 7) is 2.18. The molecule has 0 bridgehead atoms. The van der Waals surface area contributed by atoms with Gasteiger partial charge >= 0.3 is 0 Å². The Morgan fingerprint density at radius 2 is 1.56 bits per heavy atom. The van der Waals surface area contributed by atoms with Gasteiger partial charge in [-0.1, -0.05) is 48.6 Å². The third-order valence-electron chi connectivity index (χ3n) is 5.59. The van der Waals surface area contributed by atoms with Crippen LogP contribution in [0.15, 0.2) is 60.7 Å². The van der Waals surface area contributed by atoms with Crippen molar-refractivity contribution in [2.45, 2.75) is 19.8 Å². The molecule has 0 atom stereocenters. The SMILES string of the molecule is Cc1ccc2c(c1)sc1cccc(-c3cccc4sc5c(c34)C=CCC5)c12. The molecule has 1 aliphatic carbocycles. The van der Waals surface area contributed by atoms with Gasteiger partial charge in [0.15, 0.2) is 0 Å². The lowest BCUT2D eigenvalue weighted by Crippen LogP contribution is -1.89. The maximum absolute atomic E-state index is 2.34. The van der Waals surface area contributed by atoms with E-state index in [4.69, 9.17) is 0 Å². The summed E-state index contributed by atoms with van der Waals surface area (Å²) in [5.41, 5.74) is 5.52. The second-order valence-corrected chi connectivity index (χ2v) is 9.56. The quantitative estimate of drug-likeness (QED) is 0.274. The van der Waals surface area contributed by atoms with Gasteiger partial charge in [-0.25, -0.2) is 0 Å². The van der Waals surface area contributed by atoms with Crippen LogP contribution in [-0.2, 0) is 6.42 Å². The third kappa shape index (κ3) is 2.27. The van der Waals surface area contributed by atoms with Crippen LogP contribution in [0.1, 0.15) is 22.4 Å². The lowest BCUT2D eigenvalue weighted by Gasteiger charge is -2.10. The first kappa shape index (κ1) is 15.6. The molecule has 0 saturated carbocycles. The first-order chi connectivity index (χ1) is 13.3. The van der Waals surface area contributed by atoms with Crippen LogP contribution in [0.2, 0.25) is 0 Å². The highest BCUT2D eigenvalue weighted by atomic mass is 32.1. The van der Waals surface area contributed by atoms with E-state index in [1.165, 1.54) is 70.2 Å². The fourth-order valence-corrected chi connectivity index (χ4v) is 6.85. The van der Waals surface area contributed by atoms with Crippen LogP contribution in [0.4, 0.5) is 0 Å². The summed E-state index contributed by atoms with van der Waals surface area (Å²) in [5.74, 6) is 0. The largest absolute Gasteiger partial charge is 0.140 e. The van der Waals surface area contributed by atoms with Crippen molar-refractivity contribution in [2.75, 3.05) is 0 Å². The van der Waals surface area contributed by atoms with Crippen LogP contribution in [0.5, 0.6) is 0 Å². The molecule has 0 fully saturated rings. The Hall–Kier alpha value is -2.42. The van der Waals surface area contributed by atoms with Gasteiger partial charge in [0.1, 0.15) is 0 Å². The smallest absolute Gasteiger partial charge is 0.0361 e. The van der Waals surface area contributed by atoms with Crippen LogP contribution < -0.4 is 0 Å². The van der Waals surface area contributed by atoms with Crippen molar-refractivity contribution in [3.05, 3.63) is 76.7 Å². The minimum absolute atomic E-state index is 1.17. The van der Waals surface area contributed by atoms with E-state index in [0.717, 1.165) is 0 Å². The zero-order chi connectivity index (χ0) is 18.0. The predicted octanol–water partition coefficient (Wildman–Crippen LogP) is 8.20. The van der Waals surface area contributed by atoms with Crippen molar-refractivity contribution in [3.8, 4) is 11.1 Å². The van der Waals surface area contributed by atoms with E-state index in [-0.39, 0.29) is 0 Å². The highest BCUT2D eigenvalue weighted by Crippen LogP contribution is 2.45. The summed E-state index contributed by atoms with van der Waals surface area (Å²) in [6, 6.07) is 20.5. The Bertz CT molecular complexity index is 1380. The molecule has 27 heavy (non-hydrogen) atoms. The van der Waals surface area contributed by atoms with Gasteiger partial charge < -0.3 is 0 Å². The predicted molar refractivity (Wildman–Crippen MR) is 122 cm³/mol. The van der Waals surface area contributed by atoms with Crippen LogP contribution in [0, 0.1) is 6.92 Å². The Balaban J connectivity index is 1.75. The van der Waals surface area contributed by atoms with Crippen molar-refractivity contribution in [1.82, 2.24) is 0 Å². The number of fused-ring (bicyclic) bond motifs is 6. The lowest BCUT2D eigenvalue weighted by molar-refractivity contribution is 1.02. The zero-order valence-electron chi connectivity index (χ0n) is 15.1. The molecule has 0 nitrogen and oxygen atoms in total. The fraction of sp³-hybridized carbons (Fsp3) is 0.120. The van der Waals surface area contributed by atoms with Gasteiger partial charge in [-0.05, 0) is 60.2 Å². The number of thiophene rings is 2. The standard InChI is InChI=1S/C25H18S2/c1-15-12-13-19-23(14-15)27-22-11-5-8-17(25(19)22)16-7-4-10-21-24(16)18-6-2-3-9-20(18)26-21/h2,4-8,10-14H,3,9H2,1H3.